The zero-order valence-corrected chi connectivity index (χ0v) is 27.3. The van der Waals surface area contributed by atoms with Crippen molar-refractivity contribution in [2.24, 2.45) is 0 Å². The number of allylic oxidation sites excluding steroid dienone is 1. The minimum atomic E-state index is -4.36. The van der Waals surface area contributed by atoms with E-state index >= 15 is 0 Å². The number of nitrogens with zero attached hydrogens (tertiary/aromatic N) is 3. The molecule has 1 aromatic heterocycles. The first-order valence-corrected chi connectivity index (χ1v) is 16.6. The Morgan fingerprint density at radius 2 is 1.88 bits per heavy atom. The lowest BCUT2D eigenvalue weighted by molar-refractivity contribution is -0.685. The zero-order valence-electron chi connectivity index (χ0n) is 24.0. The number of anilines is 1. The molecule has 2 aromatic carbocycles. The molecule has 0 atom stereocenters. The number of aromatic nitrogens is 1. The van der Waals surface area contributed by atoms with Crippen LogP contribution in [0, 0.1) is 0 Å². The third-order valence-corrected chi connectivity index (χ3v) is 10.3. The van der Waals surface area contributed by atoms with Crippen molar-refractivity contribution in [3.63, 3.8) is 0 Å². The number of thioether (sulfide) groups is 3. The Morgan fingerprint density at radius 1 is 1.15 bits per heavy atom. The van der Waals surface area contributed by atoms with Gasteiger partial charge in [0.25, 0.3) is 5.01 Å². The van der Waals surface area contributed by atoms with Crippen molar-refractivity contribution in [2.45, 2.75) is 62.9 Å². The Hall–Kier alpha value is -2.34. The molecule has 0 bridgehead atoms. The molecule has 0 fully saturated rings. The molecule has 1 amide bonds. The van der Waals surface area contributed by atoms with E-state index in [2.05, 4.69) is 36.9 Å². The normalized spacial score (nSPS) is 14.4. The fourth-order valence-corrected chi connectivity index (χ4v) is 7.97. The molecular formula is C30H35F3N3OS4+. The van der Waals surface area contributed by atoms with Gasteiger partial charge in [-0.2, -0.15) is 17.7 Å². The lowest BCUT2D eigenvalue weighted by Gasteiger charge is -2.21. The molecule has 220 valence electrons. The second-order valence-electron chi connectivity index (χ2n) is 8.68. The molecule has 0 N–H and O–H groups in total. The second kappa shape index (κ2) is 15.2. The standard InChI is InChI=1S/C28H29F3N3OS4.C2H6/c1-5-20-11-12-22-24(15-20)38-27(32(22)4)19(3)37-26(33(6-2)18-35)16-25-34(13-14-36-25)17-21-9-7-8-10-23(21)39-28(29,30)31;1-2/h7-16,18H,5-6,17H2,1-4H3;1-2H3/q+1;/b27-19+;. The summed E-state index contributed by atoms with van der Waals surface area (Å²) >= 11 is 4.63. The van der Waals surface area contributed by atoms with Crippen LogP contribution >= 0.6 is 46.6 Å². The fourth-order valence-electron chi connectivity index (χ4n) is 4.09. The van der Waals surface area contributed by atoms with Crippen LogP contribution < -0.4 is 9.47 Å². The first kappa shape index (κ1) is 33.2. The van der Waals surface area contributed by atoms with E-state index < -0.39 is 5.51 Å². The summed E-state index contributed by atoms with van der Waals surface area (Å²) in [5.74, 6) is 0. The summed E-state index contributed by atoms with van der Waals surface area (Å²) in [6.07, 6.45) is 5.59. The van der Waals surface area contributed by atoms with Crippen LogP contribution in [0.5, 0.6) is 0 Å². The van der Waals surface area contributed by atoms with Crippen LogP contribution in [-0.4, -0.2) is 30.4 Å². The number of hydrogen-bond donors (Lipinski definition) is 0. The van der Waals surface area contributed by atoms with Gasteiger partial charge in [0.05, 0.1) is 27.2 Å². The Kier molecular flexibility index (Phi) is 12.3. The first-order chi connectivity index (χ1) is 19.6. The molecule has 2 heterocycles. The molecule has 41 heavy (non-hydrogen) atoms. The molecule has 1 aliphatic rings. The average Bonchev–Trinajstić information content (AvgIpc) is 3.53. The molecule has 1 aliphatic heterocycles. The van der Waals surface area contributed by atoms with Crippen molar-refractivity contribution in [1.29, 1.82) is 0 Å². The van der Waals surface area contributed by atoms with Gasteiger partial charge in [0.15, 0.2) is 12.7 Å². The van der Waals surface area contributed by atoms with Crippen LogP contribution in [0.4, 0.5) is 18.9 Å². The largest absolute Gasteiger partial charge is 0.446 e. The van der Waals surface area contributed by atoms with Crippen molar-refractivity contribution in [1.82, 2.24) is 4.90 Å². The summed E-state index contributed by atoms with van der Waals surface area (Å²) in [5, 5.41) is 4.60. The molecule has 4 rings (SSSR count). The minimum absolute atomic E-state index is 0.0962. The number of amides is 1. The number of hydrogen-bond acceptors (Lipinski definition) is 6. The lowest BCUT2D eigenvalue weighted by Crippen LogP contribution is -2.35. The first-order valence-electron chi connectivity index (χ1n) is 13.3. The maximum Gasteiger partial charge on any atom is 0.446 e. The molecule has 0 saturated heterocycles. The van der Waals surface area contributed by atoms with Gasteiger partial charge >= 0.3 is 5.51 Å². The van der Waals surface area contributed by atoms with E-state index in [9.17, 15) is 18.0 Å². The number of benzene rings is 2. The van der Waals surface area contributed by atoms with Crippen LogP contribution in [0.25, 0.3) is 6.08 Å². The minimum Gasteiger partial charge on any atom is -0.337 e. The number of halogens is 3. The van der Waals surface area contributed by atoms with Gasteiger partial charge in [-0.15, -0.1) is 0 Å². The Morgan fingerprint density at radius 3 is 2.54 bits per heavy atom. The predicted molar refractivity (Wildman–Crippen MR) is 170 cm³/mol. The highest BCUT2D eigenvalue weighted by Gasteiger charge is 2.31. The van der Waals surface area contributed by atoms with E-state index in [1.54, 1.807) is 34.9 Å². The highest BCUT2D eigenvalue weighted by molar-refractivity contribution is 8.09. The molecule has 0 spiro atoms. The topological polar surface area (TPSA) is 27.4 Å². The van der Waals surface area contributed by atoms with Crippen molar-refractivity contribution in [3.8, 4) is 0 Å². The number of aryl methyl sites for hydroxylation is 1. The number of carbonyl (C=O) groups excluding carboxylic acids is 1. The number of alkyl halides is 3. The molecule has 0 saturated carbocycles. The number of carbonyl (C=O) groups is 1. The van der Waals surface area contributed by atoms with E-state index in [1.807, 2.05) is 50.0 Å². The Bertz CT molecular complexity index is 1400. The van der Waals surface area contributed by atoms with Crippen LogP contribution in [0.2, 0.25) is 0 Å². The number of fused-ring (bicyclic) bond motifs is 1. The van der Waals surface area contributed by atoms with Crippen molar-refractivity contribution < 1.29 is 22.5 Å². The number of thiazole rings is 1. The molecule has 0 unspecified atom stereocenters. The van der Waals surface area contributed by atoms with Gasteiger partial charge in [0.1, 0.15) is 0 Å². The summed E-state index contributed by atoms with van der Waals surface area (Å²) in [6.45, 7) is 10.9. The highest BCUT2D eigenvalue weighted by Crippen LogP contribution is 2.49. The van der Waals surface area contributed by atoms with Crippen molar-refractivity contribution >= 4 is 64.8 Å². The Balaban J connectivity index is 0.00000226. The summed E-state index contributed by atoms with van der Waals surface area (Å²) in [5.41, 5.74) is -1.33. The third kappa shape index (κ3) is 8.59. The summed E-state index contributed by atoms with van der Waals surface area (Å²) in [7, 11) is 2.05. The summed E-state index contributed by atoms with van der Waals surface area (Å²) in [4.78, 5) is 18.3. The van der Waals surface area contributed by atoms with Gasteiger partial charge in [-0.25, -0.2) is 0 Å². The highest BCUT2D eigenvalue weighted by atomic mass is 32.2. The number of rotatable bonds is 10. The SMILES string of the molecule is CC.CCc1ccc2c(c1)S/C(=C(\C)S/C(=C\c1scc[n+]1Cc1ccccc1SC(F)(F)F)N(C=O)CC)N2C. The molecule has 4 nitrogen and oxygen atoms in total. The monoisotopic (exact) mass is 638 g/mol. The molecular weight excluding hydrogens is 604 g/mol. The van der Waals surface area contributed by atoms with Crippen LogP contribution in [0.3, 0.4) is 0 Å². The van der Waals surface area contributed by atoms with E-state index in [-0.39, 0.29) is 23.2 Å². The van der Waals surface area contributed by atoms with E-state index in [1.165, 1.54) is 39.6 Å². The third-order valence-electron chi connectivity index (χ3n) is 6.11. The van der Waals surface area contributed by atoms with Crippen LogP contribution in [0.15, 0.2) is 78.8 Å². The molecule has 0 aliphatic carbocycles. The average molecular weight is 639 g/mol. The molecule has 11 heteroatoms. The van der Waals surface area contributed by atoms with Gasteiger partial charge in [-0.1, -0.05) is 79.9 Å². The van der Waals surface area contributed by atoms with E-state index in [0.717, 1.165) is 38.5 Å². The van der Waals surface area contributed by atoms with Crippen molar-refractivity contribution in [2.75, 3.05) is 18.5 Å². The van der Waals surface area contributed by atoms with Gasteiger partial charge in [-0.3, -0.25) is 4.79 Å². The lowest BCUT2D eigenvalue weighted by atomic mass is 10.1. The summed E-state index contributed by atoms with van der Waals surface area (Å²) in [6, 6.07) is 13.1. The quantitative estimate of drug-likeness (QED) is 0.125. The van der Waals surface area contributed by atoms with Gasteiger partial charge in [0.2, 0.25) is 6.41 Å². The summed E-state index contributed by atoms with van der Waals surface area (Å²) < 4.78 is 41.3. The molecule has 0 radical (unpaired) electrons. The van der Waals surface area contributed by atoms with Crippen LogP contribution in [-0.2, 0) is 17.8 Å². The van der Waals surface area contributed by atoms with E-state index in [0.29, 0.717) is 12.1 Å². The van der Waals surface area contributed by atoms with Crippen molar-refractivity contribution in [3.05, 3.63) is 85.1 Å². The van der Waals surface area contributed by atoms with Gasteiger partial charge in [-0.05, 0) is 55.8 Å². The van der Waals surface area contributed by atoms with E-state index in [4.69, 9.17) is 0 Å². The maximum atomic E-state index is 13.1. The molecule has 3 aromatic rings. The second-order valence-corrected chi connectivity index (χ2v) is 13.0. The maximum absolute atomic E-state index is 13.1. The smallest absolute Gasteiger partial charge is 0.337 e. The van der Waals surface area contributed by atoms with Crippen LogP contribution in [0.1, 0.15) is 50.8 Å². The fraction of sp³-hybridized carbons (Fsp3) is 0.333. The Labute approximate surface area is 257 Å². The van der Waals surface area contributed by atoms with Gasteiger partial charge in [0, 0.05) is 33.9 Å². The zero-order chi connectivity index (χ0) is 30.2. The predicted octanol–water partition coefficient (Wildman–Crippen LogP) is 9.23. The van der Waals surface area contributed by atoms with Gasteiger partial charge < -0.3 is 9.80 Å².